The molecule has 1 heterocycles. The van der Waals surface area contributed by atoms with Crippen LogP contribution >= 0.6 is 0 Å². The van der Waals surface area contributed by atoms with Crippen LogP contribution in [0.3, 0.4) is 0 Å². The van der Waals surface area contributed by atoms with Gasteiger partial charge < -0.3 is 16.4 Å². The number of pyridine rings is 1. The molecule has 0 aliphatic carbocycles. The van der Waals surface area contributed by atoms with E-state index in [9.17, 15) is 9.59 Å². The number of carbonyl (C=O) groups excluding carboxylic acids is 2. The Morgan fingerprint density at radius 3 is 2.54 bits per heavy atom. The Hall–Kier alpha value is -3.17. The molecular formula is C20H22N4O2. The summed E-state index contributed by atoms with van der Waals surface area (Å²) in [7, 11) is 0. The first-order valence-electron chi connectivity index (χ1n) is 8.31. The molecule has 6 nitrogen and oxygen atoms in total. The van der Waals surface area contributed by atoms with Crippen molar-refractivity contribution in [2.45, 2.75) is 24.9 Å². The fourth-order valence-electron chi connectivity index (χ4n) is 2.43. The molecule has 4 N–H and O–H groups in total. The van der Waals surface area contributed by atoms with E-state index in [2.05, 4.69) is 21.5 Å². The first-order valence-corrected chi connectivity index (χ1v) is 8.31. The number of hydrogen-bond acceptors (Lipinski definition) is 4. The summed E-state index contributed by atoms with van der Waals surface area (Å²) >= 11 is 0. The van der Waals surface area contributed by atoms with Gasteiger partial charge in [0.25, 0.3) is 0 Å². The van der Waals surface area contributed by atoms with E-state index < -0.39 is 11.9 Å². The number of benzene rings is 1. The van der Waals surface area contributed by atoms with Crippen molar-refractivity contribution >= 4 is 11.8 Å². The molecular weight excluding hydrogens is 328 g/mol. The summed E-state index contributed by atoms with van der Waals surface area (Å²) in [6, 6.07) is 14.2. The van der Waals surface area contributed by atoms with Crippen molar-refractivity contribution in [2.75, 3.05) is 6.54 Å². The highest BCUT2D eigenvalue weighted by atomic mass is 16.2. The average Bonchev–Trinajstić information content (AvgIpc) is 2.67. The lowest BCUT2D eigenvalue weighted by Crippen LogP contribution is -2.45. The largest absolute Gasteiger partial charge is 0.347 e. The molecule has 0 saturated carbocycles. The first kappa shape index (κ1) is 19.2. The molecule has 2 amide bonds. The molecule has 134 valence electrons. The van der Waals surface area contributed by atoms with Gasteiger partial charge in [-0.05, 0) is 17.7 Å². The zero-order valence-electron chi connectivity index (χ0n) is 14.4. The summed E-state index contributed by atoms with van der Waals surface area (Å²) in [6.07, 6.45) is 7.51. The van der Waals surface area contributed by atoms with Crippen molar-refractivity contribution in [1.82, 2.24) is 15.6 Å². The van der Waals surface area contributed by atoms with E-state index in [0.717, 1.165) is 11.3 Å². The molecule has 0 radical (unpaired) electrons. The number of carbonyl (C=O) groups is 2. The third-order valence-corrected chi connectivity index (χ3v) is 3.77. The van der Waals surface area contributed by atoms with Gasteiger partial charge in [0, 0.05) is 24.7 Å². The zero-order valence-corrected chi connectivity index (χ0v) is 14.4. The molecule has 0 aliphatic rings. The van der Waals surface area contributed by atoms with Crippen molar-refractivity contribution in [1.29, 1.82) is 0 Å². The minimum absolute atomic E-state index is 0.125. The maximum atomic E-state index is 12.3. The minimum atomic E-state index is -0.814. The monoisotopic (exact) mass is 350 g/mol. The van der Waals surface area contributed by atoms with E-state index >= 15 is 0 Å². The number of nitrogens with one attached hydrogen (secondary N) is 2. The van der Waals surface area contributed by atoms with Crippen LogP contribution in [0.2, 0.25) is 0 Å². The van der Waals surface area contributed by atoms with Gasteiger partial charge in [-0.2, -0.15) is 0 Å². The Kier molecular flexibility index (Phi) is 7.34. The van der Waals surface area contributed by atoms with Crippen molar-refractivity contribution in [2.24, 2.45) is 5.73 Å². The maximum absolute atomic E-state index is 12.3. The molecule has 1 unspecified atom stereocenters. The lowest BCUT2D eigenvalue weighted by atomic mass is 10.0. The first-order chi connectivity index (χ1) is 12.6. The van der Waals surface area contributed by atoms with Crippen LogP contribution in [0.15, 0.2) is 54.7 Å². The van der Waals surface area contributed by atoms with Gasteiger partial charge in [-0.1, -0.05) is 36.4 Å². The minimum Gasteiger partial charge on any atom is -0.347 e. The number of terminal acetylenes is 1. The summed E-state index contributed by atoms with van der Waals surface area (Å²) < 4.78 is 0. The summed E-state index contributed by atoms with van der Waals surface area (Å²) in [5, 5.41) is 5.43. The number of aromatic nitrogens is 1. The third-order valence-electron chi connectivity index (χ3n) is 3.77. The quantitative estimate of drug-likeness (QED) is 0.618. The topological polar surface area (TPSA) is 97.1 Å². The fourth-order valence-corrected chi connectivity index (χ4v) is 2.43. The Morgan fingerprint density at radius 2 is 1.88 bits per heavy atom. The highest BCUT2D eigenvalue weighted by Gasteiger charge is 2.17. The summed E-state index contributed by atoms with van der Waals surface area (Å²) in [6.45, 7) is -0.164. The van der Waals surface area contributed by atoms with Gasteiger partial charge in [-0.3, -0.25) is 14.6 Å². The van der Waals surface area contributed by atoms with Gasteiger partial charge in [0.2, 0.25) is 11.8 Å². The van der Waals surface area contributed by atoms with Crippen molar-refractivity contribution in [3.8, 4) is 12.3 Å². The van der Waals surface area contributed by atoms with E-state index in [1.54, 1.807) is 6.20 Å². The highest BCUT2D eigenvalue weighted by Crippen LogP contribution is 2.17. The van der Waals surface area contributed by atoms with Crippen LogP contribution in [0, 0.1) is 12.3 Å². The number of nitrogens with zero attached hydrogens (tertiary/aromatic N) is 1. The van der Waals surface area contributed by atoms with E-state index in [1.165, 1.54) is 0 Å². The lowest BCUT2D eigenvalue weighted by molar-refractivity contribution is -0.127. The molecule has 0 bridgehead atoms. The molecule has 26 heavy (non-hydrogen) atoms. The molecule has 2 aromatic rings. The predicted molar refractivity (Wildman–Crippen MR) is 99.7 cm³/mol. The molecule has 0 fully saturated rings. The normalized spacial score (nSPS) is 12.5. The summed E-state index contributed by atoms with van der Waals surface area (Å²) in [4.78, 5) is 28.3. The van der Waals surface area contributed by atoms with Gasteiger partial charge in [0.05, 0.1) is 18.6 Å². The second kappa shape index (κ2) is 9.97. The molecule has 0 spiro atoms. The van der Waals surface area contributed by atoms with Crippen LogP contribution < -0.4 is 16.4 Å². The van der Waals surface area contributed by atoms with Crippen molar-refractivity contribution in [3.63, 3.8) is 0 Å². The molecule has 1 aromatic heterocycles. The molecule has 2 atom stereocenters. The Morgan fingerprint density at radius 1 is 1.15 bits per heavy atom. The second-order valence-corrected chi connectivity index (χ2v) is 5.79. The van der Waals surface area contributed by atoms with Crippen LogP contribution in [-0.2, 0) is 16.0 Å². The van der Waals surface area contributed by atoms with Crippen LogP contribution in [0.25, 0.3) is 0 Å². The molecule has 6 heteroatoms. The van der Waals surface area contributed by atoms with Gasteiger partial charge in [-0.25, -0.2) is 0 Å². The fraction of sp³-hybridized carbons (Fsp3) is 0.250. The third kappa shape index (κ3) is 6.04. The van der Waals surface area contributed by atoms with Crippen molar-refractivity contribution in [3.05, 3.63) is 66.0 Å². The van der Waals surface area contributed by atoms with Crippen LogP contribution in [0.5, 0.6) is 0 Å². The second-order valence-electron chi connectivity index (χ2n) is 5.79. The highest BCUT2D eigenvalue weighted by molar-refractivity contribution is 5.87. The number of amides is 2. The number of rotatable bonds is 8. The Labute approximate surface area is 153 Å². The van der Waals surface area contributed by atoms with Gasteiger partial charge in [0.1, 0.15) is 0 Å². The van der Waals surface area contributed by atoms with E-state index in [4.69, 9.17) is 12.2 Å². The van der Waals surface area contributed by atoms with Crippen LogP contribution in [0.4, 0.5) is 0 Å². The summed E-state index contributed by atoms with van der Waals surface area (Å²) in [5.74, 6) is 1.57. The molecule has 0 saturated heterocycles. The van der Waals surface area contributed by atoms with Crippen LogP contribution in [-0.4, -0.2) is 29.4 Å². The maximum Gasteiger partial charge on any atom is 0.239 e. The van der Waals surface area contributed by atoms with Crippen molar-refractivity contribution < 1.29 is 9.59 Å². The Balaban J connectivity index is 1.99. The van der Waals surface area contributed by atoms with E-state index in [0.29, 0.717) is 6.42 Å². The lowest BCUT2D eigenvalue weighted by Gasteiger charge is -2.19. The number of nitrogens with two attached hydrogens (primary N) is 1. The van der Waals surface area contributed by atoms with Crippen LogP contribution in [0.1, 0.15) is 23.7 Å². The smallest absolute Gasteiger partial charge is 0.239 e. The Bertz CT molecular complexity index is 756. The standard InChI is InChI=1S/C20H22N4O2/c1-2-8-17(21)20(26)23-14-19(25)24-18(15-9-4-3-5-10-15)13-16-11-6-7-12-22-16/h1,3-7,9-12,17-18H,8,13-14,21H2,(H,23,26)(H,24,25)/t17-,18?/m1/s1. The zero-order chi connectivity index (χ0) is 18.8. The van der Waals surface area contributed by atoms with Gasteiger partial charge >= 0.3 is 0 Å². The number of hydrogen-bond donors (Lipinski definition) is 3. The van der Waals surface area contributed by atoms with E-state index in [-0.39, 0.29) is 24.9 Å². The predicted octanol–water partition coefficient (Wildman–Crippen LogP) is 0.948. The average molecular weight is 350 g/mol. The SMILES string of the molecule is C#CC[C@@H](N)C(=O)NCC(=O)NC(Cc1ccccn1)c1ccccc1. The van der Waals surface area contributed by atoms with E-state index in [1.807, 2.05) is 48.5 Å². The molecule has 0 aliphatic heterocycles. The molecule has 2 rings (SSSR count). The van der Waals surface area contributed by atoms with Gasteiger partial charge in [0.15, 0.2) is 0 Å². The van der Waals surface area contributed by atoms with Gasteiger partial charge in [-0.15, -0.1) is 12.3 Å². The summed E-state index contributed by atoms with van der Waals surface area (Å²) in [5.41, 5.74) is 7.44. The molecule has 1 aromatic carbocycles.